The second kappa shape index (κ2) is 8.61. The average Bonchev–Trinajstić information content (AvgIpc) is 3.16. The van der Waals surface area contributed by atoms with E-state index in [-0.39, 0.29) is 5.91 Å². The van der Waals surface area contributed by atoms with Gasteiger partial charge in [-0.05, 0) is 55.2 Å². The lowest BCUT2D eigenvalue weighted by atomic mass is 9.84. The highest BCUT2D eigenvalue weighted by Crippen LogP contribution is 2.32. The largest absolute Gasteiger partial charge is 0.497 e. The molecule has 0 spiro atoms. The van der Waals surface area contributed by atoms with E-state index in [0.29, 0.717) is 31.3 Å². The second-order valence-corrected chi connectivity index (χ2v) is 9.72. The van der Waals surface area contributed by atoms with Gasteiger partial charge in [-0.2, -0.15) is 0 Å². The molecule has 3 rings (SSSR count). The van der Waals surface area contributed by atoms with Gasteiger partial charge < -0.3 is 9.64 Å². The van der Waals surface area contributed by atoms with E-state index < -0.39 is 10.0 Å². The number of benzene rings is 1. The Hall–Kier alpha value is -1.60. The molecule has 27 heavy (non-hydrogen) atoms. The van der Waals surface area contributed by atoms with Crippen LogP contribution >= 0.6 is 0 Å². The standard InChI is InChI=1S/C20H30N2O4S/c1-26-19-5-3-4-16(14-19)6-7-20(23)21-11-8-18(15-21)17-9-12-22(13-10-17)27(2,24)25/h3-5,14,17-18H,6-13,15H2,1-2H3. The Morgan fingerprint density at radius 2 is 1.85 bits per heavy atom. The quantitative estimate of drug-likeness (QED) is 0.741. The maximum atomic E-state index is 12.6. The predicted octanol–water partition coefficient (Wildman–Crippen LogP) is 2.15. The fourth-order valence-corrected chi connectivity index (χ4v) is 5.19. The van der Waals surface area contributed by atoms with Crippen molar-refractivity contribution in [3.05, 3.63) is 29.8 Å². The van der Waals surface area contributed by atoms with Crippen LogP contribution < -0.4 is 4.74 Å². The lowest BCUT2D eigenvalue weighted by Crippen LogP contribution is -2.40. The molecule has 0 aromatic heterocycles. The zero-order valence-electron chi connectivity index (χ0n) is 16.3. The number of ether oxygens (including phenoxy) is 1. The van der Waals surface area contributed by atoms with Gasteiger partial charge in [0.25, 0.3) is 0 Å². The summed E-state index contributed by atoms with van der Waals surface area (Å²) in [6, 6.07) is 7.87. The first-order chi connectivity index (χ1) is 12.9. The molecule has 1 unspecified atom stereocenters. The predicted molar refractivity (Wildman–Crippen MR) is 105 cm³/mol. The highest BCUT2D eigenvalue weighted by atomic mass is 32.2. The van der Waals surface area contributed by atoms with Gasteiger partial charge in [0.15, 0.2) is 0 Å². The van der Waals surface area contributed by atoms with Crippen LogP contribution in [0, 0.1) is 11.8 Å². The van der Waals surface area contributed by atoms with E-state index in [1.807, 2.05) is 29.2 Å². The fraction of sp³-hybridized carbons (Fsp3) is 0.650. The highest BCUT2D eigenvalue weighted by Gasteiger charge is 2.34. The number of sulfonamides is 1. The third-order valence-electron chi connectivity index (χ3n) is 5.97. The SMILES string of the molecule is COc1cccc(CCC(=O)N2CCC(C3CCN(S(C)(=O)=O)CC3)C2)c1. The van der Waals surface area contributed by atoms with Gasteiger partial charge in [-0.3, -0.25) is 4.79 Å². The van der Waals surface area contributed by atoms with Crippen LogP contribution in [0.15, 0.2) is 24.3 Å². The summed E-state index contributed by atoms with van der Waals surface area (Å²) < 4.78 is 30.1. The molecule has 0 N–H and O–H groups in total. The minimum atomic E-state index is -3.08. The normalized spacial score (nSPS) is 22.1. The molecule has 6 nitrogen and oxygen atoms in total. The molecule has 0 saturated carbocycles. The first-order valence-corrected chi connectivity index (χ1v) is 11.6. The Morgan fingerprint density at radius 1 is 1.15 bits per heavy atom. The molecule has 0 bridgehead atoms. The number of piperidine rings is 1. The van der Waals surface area contributed by atoms with Crippen LogP contribution in [0.4, 0.5) is 0 Å². The van der Waals surface area contributed by atoms with Gasteiger partial charge >= 0.3 is 0 Å². The number of aryl methyl sites for hydroxylation is 1. The summed E-state index contributed by atoms with van der Waals surface area (Å²) in [5, 5.41) is 0. The molecule has 150 valence electrons. The highest BCUT2D eigenvalue weighted by molar-refractivity contribution is 7.88. The van der Waals surface area contributed by atoms with Crippen molar-refractivity contribution in [2.24, 2.45) is 11.8 Å². The van der Waals surface area contributed by atoms with Gasteiger partial charge in [-0.1, -0.05) is 12.1 Å². The number of likely N-dealkylation sites (tertiary alicyclic amines) is 1. The number of rotatable bonds is 6. The summed E-state index contributed by atoms with van der Waals surface area (Å²) in [5.41, 5.74) is 1.12. The molecule has 2 aliphatic rings. The molecule has 1 aromatic rings. The zero-order chi connectivity index (χ0) is 19.4. The number of nitrogens with zero attached hydrogens (tertiary/aromatic N) is 2. The molecule has 7 heteroatoms. The van der Waals surface area contributed by atoms with Crippen molar-refractivity contribution < 1.29 is 17.9 Å². The van der Waals surface area contributed by atoms with Crippen molar-refractivity contribution in [2.45, 2.75) is 32.1 Å². The Labute approximate surface area is 162 Å². The van der Waals surface area contributed by atoms with E-state index in [9.17, 15) is 13.2 Å². The van der Waals surface area contributed by atoms with Crippen LogP contribution in [0.1, 0.15) is 31.2 Å². The third-order valence-corrected chi connectivity index (χ3v) is 7.28. The van der Waals surface area contributed by atoms with Crippen LogP contribution in [0.5, 0.6) is 5.75 Å². The van der Waals surface area contributed by atoms with Crippen LogP contribution in [0.2, 0.25) is 0 Å². The Bertz CT molecular complexity index is 757. The topological polar surface area (TPSA) is 66.9 Å². The second-order valence-electron chi connectivity index (χ2n) is 7.74. The number of hydrogen-bond acceptors (Lipinski definition) is 4. The van der Waals surface area contributed by atoms with Crippen molar-refractivity contribution in [3.63, 3.8) is 0 Å². The van der Waals surface area contributed by atoms with E-state index in [2.05, 4.69) is 0 Å². The average molecular weight is 395 g/mol. The molecule has 2 heterocycles. The van der Waals surface area contributed by atoms with Gasteiger partial charge in [0, 0.05) is 32.6 Å². The van der Waals surface area contributed by atoms with E-state index >= 15 is 0 Å². The number of amides is 1. The van der Waals surface area contributed by atoms with E-state index in [0.717, 1.165) is 50.1 Å². The van der Waals surface area contributed by atoms with Crippen molar-refractivity contribution in [1.82, 2.24) is 9.21 Å². The van der Waals surface area contributed by atoms with Crippen LogP contribution in [0.25, 0.3) is 0 Å². The molecule has 0 aliphatic carbocycles. The number of carbonyl (C=O) groups excluding carboxylic acids is 1. The van der Waals surface area contributed by atoms with Crippen molar-refractivity contribution in [2.75, 3.05) is 39.5 Å². The summed E-state index contributed by atoms with van der Waals surface area (Å²) in [7, 11) is -1.43. The third kappa shape index (κ3) is 5.23. The van der Waals surface area contributed by atoms with Gasteiger partial charge in [0.05, 0.1) is 13.4 Å². The molecule has 2 aliphatic heterocycles. The van der Waals surface area contributed by atoms with Crippen LogP contribution in [-0.4, -0.2) is 63.1 Å². The lowest BCUT2D eigenvalue weighted by Gasteiger charge is -2.33. The maximum absolute atomic E-state index is 12.6. The van der Waals surface area contributed by atoms with Gasteiger partial charge in [0.1, 0.15) is 5.75 Å². The van der Waals surface area contributed by atoms with Gasteiger partial charge in [-0.25, -0.2) is 12.7 Å². The molecular weight excluding hydrogens is 364 g/mol. The molecule has 1 aromatic carbocycles. The summed E-state index contributed by atoms with van der Waals surface area (Å²) in [6.07, 6.45) is 5.38. The van der Waals surface area contributed by atoms with E-state index in [1.165, 1.54) is 6.26 Å². The molecule has 2 saturated heterocycles. The minimum absolute atomic E-state index is 0.217. The fourth-order valence-electron chi connectivity index (χ4n) is 4.31. The van der Waals surface area contributed by atoms with Gasteiger partial charge in [0.2, 0.25) is 15.9 Å². The summed E-state index contributed by atoms with van der Waals surface area (Å²) in [4.78, 5) is 14.6. The molecule has 1 amide bonds. The van der Waals surface area contributed by atoms with Crippen molar-refractivity contribution in [3.8, 4) is 5.75 Å². The number of methoxy groups -OCH3 is 1. The van der Waals surface area contributed by atoms with Crippen LogP contribution in [-0.2, 0) is 21.2 Å². The van der Waals surface area contributed by atoms with E-state index in [4.69, 9.17) is 4.74 Å². The Morgan fingerprint density at radius 3 is 2.52 bits per heavy atom. The summed E-state index contributed by atoms with van der Waals surface area (Å²) in [6.45, 7) is 2.88. The Kier molecular flexibility index (Phi) is 6.42. The molecule has 0 radical (unpaired) electrons. The summed E-state index contributed by atoms with van der Waals surface area (Å²) in [5.74, 6) is 2.07. The Balaban J connectivity index is 1.45. The van der Waals surface area contributed by atoms with Gasteiger partial charge in [-0.15, -0.1) is 0 Å². The monoisotopic (exact) mass is 394 g/mol. The number of carbonyl (C=O) groups is 1. The van der Waals surface area contributed by atoms with E-state index in [1.54, 1.807) is 11.4 Å². The molecule has 1 atom stereocenters. The minimum Gasteiger partial charge on any atom is -0.497 e. The maximum Gasteiger partial charge on any atom is 0.222 e. The summed E-state index contributed by atoms with van der Waals surface area (Å²) >= 11 is 0. The van der Waals surface area contributed by atoms with Crippen LogP contribution in [0.3, 0.4) is 0 Å². The molecule has 2 fully saturated rings. The first kappa shape index (κ1) is 20.1. The molecular formula is C20H30N2O4S. The number of hydrogen-bond donors (Lipinski definition) is 0. The zero-order valence-corrected chi connectivity index (χ0v) is 17.1. The first-order valence-electron chi connectivity index (χ1n) is 9.72. The smallest absolute Gasteiger partial charge is 0.222 e. The van der Waals surface area contributed by atoms with Crippen molar-refractivity contribution in [1.29, 1.82) is 0 Å². The van der Waals surface area contributed by atoms with Crippen molar-refractivity contribution >= 4 is 15.9 Å². The lowest BCUT2D eigenvalue weighted by molar-refractivity contribution is -0.130.